The molecule has 306 valence electrons. The van der Waals surface area contributed by atoms with Crippen LogP contribution in [0.1, 0.15) is 47.2 Å². The van der Waals surface area contributed by atoms with Gasteiger partial charge in [-0.2, -0.15) is 0 Å². The molecule has 0 amide bonds. The molecule has 0 N–H and O–H groups in total. The highest BCUT2D eigenvalue weighted by Gasteiger charge is 2.50. The maximum absolute atomic E-state index is 2.49. The lowest BCUT2D eigenvalue weighted by molar-refractivity contribution is 0.660. The van der Waals surface area contributed by atoms with Crippen molar-refractivity contribution in [2.45, 2.75) is 24.7 Å². The lowest BCUT2D eigenvalue weighted by Gasteiger charge is -2.35. The van der Waals surface area contributed by atoms with Gasteiger partial charge in [-0.05, 0) is 125 Å². The summed E-state index contributed by atoms with van der Waals surface area (Å²) in [7, 11) is 0. The maximum Gasteiger partial charge on any atom is 0.0725 e. The van der Waals surface area contributed by atoms with Crippen LogP contribution in [0.2, 0.25) is 0 Å². The first-order valence-corrected chi connectivity index (χ1v) is 22.8. The first-order valence-electron chi connectivity index (χ1n) is 22.8. The molecule has 0 unspecified atom stereocenters. The van der Waals surface area contributed by atoms with E-state index in [0.717, 1.165) is 17.1 Å². The minimum atomic E-state index is -0.559. The number of fused-ring (bicyclic) bond motifs is 15. The number of rotatable bonds is 5. The van der Waals surface area contributed by atoms with E-state index in [1.165, 1.54) is 100 Å². The SMILES string of the molecule is CC1(C)c2ccccc2-c2ccc(N(c3ccc(-c4ccccc4)cc3)c3ccccc3-c3cccc4c3-c3ccccc3C43c4ccccc4-c4ccccc4-c4ccccc43)cc21. The Morgan fingerprint density at radius 1 is 0.277 bits per heavy atom. The smallest absolute Gasteiger partial charge is 0.0725 e. The van der Waals surface area contributed by atoms with Gasteiger partial charge in [0.1, 0.15) is 0 Å². The number of benzene rings is 10. The molecular formula is C64H45N. The summed E-state index contributed by atoms with van der Waals surface area (Å²) in [5, 5.41) is 0. The summed E-state index contributed by atoms with van der Waals surface area (Å²) in [6.45, 7) is 4.74. The molecule has 0 saturated heterocycles. The molecule has 0 fully saturated rings. The van der Waals surface area contributed by atoms with Crippen molar-refractivity contribution < 1.29 is 0 Å². The molecule has 10 aromatic rings. The van der Waals surface area contributed by atoms with Crippen LogP contribution in [0.15, 0.2) is 237 Å². The van der Waals surface area contributed by atoms with Gasteiger partial charge in [-0.3, -0.25) is 0 Å². The van der Waals surface area contributed by atoms with Gasteiger partial charge in [-0.1, -0.05) is 220 Å². The Balaban J connectivity index is 1.07. The molecule has 1 heteroatoms. The van der Waals surface area contributed by atoms with Gasteiger partial charge < -0.3 is 4.90 Å². The molecule has 3 aliphatic carbocycles. The molecule has 0 bridgehead atoms. The number of para-hydroxylation sites is 1. The highest BCUT2D eigenvalue weighted by Crippen LogP contribution is 2.63. The van der Waals surface area contributed by atoms with Gasteiger partial charge in [0.2, 0.25) is 0 Å². The Bertz CT molecular complexity index is 3450. The molecule has 65 heavy (non-hydrogen) atoms. The monoisotopic (exact) mass is 827 g/mol. The zero-order chi connectivity index (χ0) is 43.3. The molecule has 0 aliphatic heterocycles. The predicted molar refractivity (Wildman–Crippen MR) is 271 cm³/mol. The summed E-state index contributed by atoms with van der Waals surface area (Å²) < 4.78 is 0. The minimum Gasteiger partial charge on any atom is -0.310 e. The van der Waals surface area contributed by atoms with Crippen molar-refractivity contribution in [1.29, 1.82) is 0 Å². The maximum atomic E-state index is 2.49. The van der Waals surface area contributed by atoms with E-state index >= 15 is 0 Å². The van der Waals surface area contributed by atoms with Gasteiger partial charge in [0, 0.05) is 22.4 Å². The normalized spacial score (nSPS) is 13.9. The van der Waals surface area contributed by atoms with Gasteiger partial charge in [0.25, 0.3) is 0 Å². The van der Waals surface area contributed by atoms with Crippen LogP contribution < -0.4 is 4.90 Å². The zero-order valence-electron chi connectivity index (χ0n) is 36.5. The fourth-order valence-corrected chi connectivity index (χ4v) is 11.9. The molecule has 0 aromatic heterocycles. The van der Waals surface area contributed by atoms with Crippen molar-refractivity contribution in [3.05, 3.63) is 270 Å². The van der Waals surface area contributed by atoms with E-state index in [2.05, 4.69) is 255 Å². The number of hydrogen-bond acceptors (Lipinski definition) is 1. The zero-order valence-corrected chi connectivity index (χ0v) is 36.5. The van der Waals surface area contributed by atoms with Crippen molar-refractivity contribution in [2.24, 2.45) is 0 Å². The number of hydrogen-bond donors (Lipinski definition) is 0. The van der Waals surface area contributed by atoms with Crippen LogP contribution >= 0.6 is 0 Å². The molecule has 1 nitrogen and oxygen atoms in total. The molecule has 3 aliphatic rings. The van der Waals surface area contributed by atoms with Crippen molar-refractivity contribution in [1.82, 2.24) is 0 Å². The van der Waals surface area contributed by atoms with E-state index in [9.17, 15) is 0 Å². The van der Waals surface area contributed by atoms with Crippen molar-refractivity contribution in [2.75, 3.05) is 4.90 Å². The molecule has 0 heterocycles. The van der Waals surface area contributed by atoms with Crippen LogP contribution in [0.5, 0.6) is 0 Å². The third-order valence-corrected chi connectivity index (χ3v) is 14.7. The third kappa shape index (κ3) is 5.33. The Hall–Kier alpha value is -8.00. The molecule has 13 rings (SSSR count). The summed E-state index contributed by atoms with van der Waals surface area (Å²) in [5.74, 6) is 0. The van der Waals surface area contributed by atoms with E-state index in [4.69, 9.17) is 0 Å². The van der Waals surface area contributed by atoms with E-state index in [1.807, 2.05) is 0 Å². The van der Waals surface area contributed by atoms with Crippen molar-refractivity contribution >= 4 is 17.1 Å². The van der Waals surface area contributed by atoms with Crippen LogP contribution in [-0.2, 0) is 10.8 Å². The van der Waals surface area contributed by atoms with Crippen LogP contribution in [0, 0.1) is 0 Å². The molecule has 0 saturated carbocycles. The molecule has 1 spiro atoms. The second-order valence-electron chi connectivity index (χ2n) is 18.3. The Morgan fingerprint density at radius 3 is 1.35 bits per heavy atom. The van der Waals surface area contributed by atoms with Crippen molar-refractivity contribution in [3.8, 4) is 66.8 Å². The largest absolute Gasteiger partial charge is 0.310 e. The summed E-state index contributed by atoms with van der Waals surface area (Å²) in [4.78, 5) is 2.49. The molecular weight excluding hydrogens is 783 g/mol. The minimum absolute atomic E-state index is 0.145. The van der Waals surface area contributed by atoms with Gasteiger partial charge in [-0.25, -0.2) is 0 Å². The van der Waals surface area contributed by atoms with E-state index in [1.54, 1.807) is 0 Å². The van der Waals surface area contributed by atoms with Crippen molar-refractivity contribution in [3.63, 3.8) is 0 Å². The second kappa shape index (κ2) is 14.3. The van der Waals surface area contributed by atoms with E-state index < -0.39 is 5.41 Å². The Kier molecular flexibility index (Phi) is 8.24. The Labute approximate surface area is 381 Å². The average Bonchev–Trinajstić information content (AvgIpc) is 3.75. The first-order chi connectivity index (χ1) is 32.0. The van der Waals surface area contributed by atoms with Gasteiger partial charge in [0.15, 0.2) is 0 Å². The summed E-state index contributed by atoms with van der Waals surface area (Å²) in [6, 6.07) is 88.5. The summed E-state index contributed by atoms with van der Waals surface area (Å²) in [5.41, 5.74) is 25.8. The van der Waals surface area contributed by atoms with Crippen LogP contribution in [-0.4, -0.2) is 0 Å². The number of nitrogens with zero attached hydrogens (tertiary/aromatic N) is 1. The average molecular weight is 828 g/mol. The predicted octanol–water partition coefficient (Wildman–Crippen LogP) is 16.8. The standard InChI is InChI=1S/C64H45N/c1-63(2)55-29-13-8-25-50(55)51-40-39-45(41-60(51)63)65(44-37-35-43(36-38-44)42-19-4-3-5-20-42)61-34-17-12-26-52(61)53-28-18-33-59-62(53)54-27-11-16-32-58(54)64(59)56-30-14-9-23-48(56)46-21-6-7-22-47(46)49-24-10-15-31-57(49)64/h3-41H,1-2H3. The molecule has 0 atom stereocenters. The van der Waals surface area contributed by atoms with Crippen LogP contribution in [0.3, 0.4) is 0 Å². The summed E-state index contributed by atoms with van der Waals surface area (Å²) in [6.07, 6.45) is 0. The quantitative estimate of drug-likeness (QED) is 0.167. The van der Waals surface area contributed by atoms with Crippen LogP contribution in [0.4, 0.5) is 17.1 Å². The van der Waals surface area contributed by atoms with Gasteiger partial charge in [0.05, 0.1) is 11.1 Å². The molecule has 10 aromatic carbocycles. The Morgan fingerprint density at radius 2 is 0.708 bits per heavy atom. The highest BCUT2D eigenvalue weighted by atomic mass is 15.1. The molecule has 0 radical (unpaired) electrons. The lowest BCUT2D eigenvalue weighted by Crippen LogP contribution is -2.29. The van der Waals surface area contributed by atoms with Crippen LogP contribution in [0.25, 0.3) is 66.8 Å². The second-order valence-corrected chi connectivity index (χ2v) is 18.3. The topological polar surface area (TPSA) is 3.24 Å². The van der Waals surface area contributed by atoms with Gasteiger partial charge in [-0.15, -0.1) is 0 Å². The number of anilines is 3. The lowest BCUT2D eigenvalue weighted by atomic mass is 9.66. The first kappa shape index (κ1) is 37.5. The fourth-order valence-electron chi connectivity index (χ4n) is 11.9. The van der Waals surface area contributed by atoms with E-state index in [-0.39, 0.29) is 5.41 Å². The third-order valence-electron chi connectivity index (χ3n) is 14.7. The van der Waals surface area contributed by atoms with E-state index in [0.29, 0.717) is 0 Å². The van der Waals surface area contributed by atoms with Gasteiger partial charge >= 0.3 is 0 Å². The highest BCUT2D eigenvalue weighted by molar-refractivity contribution is 6.03. The summed E-state index contributed by atoms with van der Waals surface area (Å²) >= 11 is 0. The fraction of sp³-hybridized carbons (Fsp3) is 0.0625.